The van der Waals surface area contributed by atoms with Crippen LogP contribution in [-0.2, 0) is 20.2 Å². The molecule has 10 heteroatoms. The van der Waals surface area contributed by atoms with Crippen molar-refractivity contribution in [1.29, 1.82) is 0 Å². The van der Waals surface area contributed by atoms with Crippen molar-refractivity contribution in [3.05, 3.63) is 29.8 Å². The summed E-state index contributed by atoms with van der Waals surface area (Å²) in [5.74, 6) is -0.343. The molecule has 1 atom stereocenters. The van der Waals surface area contributed by atoms with E-state index in [4.69, 9.17) is 0 Å². The molecule has 0 aromatic heterocycles. The van der Waals surface area contributed by atoms with Crippen LogP contribution in [-0.4, -0.2) is 26.0 Å². The smallest absolute Gasteiger partial charge is 0.470 e. The molecule has 0 heterocycles. The first-order valence-corrected chi connectivity index (χ1v) is 8.61. The Kier molecular flexibility index (Phi) is 4.96. The first kappa shape index (κ1) is 17.8. The van der Waals surface area contributed by atoms with E-state index in [1.54, 1.807) is 0 Å². The largest absolute Gasteiger partial charge is 0.742 e. The molecule has 0 radical (unpaired) electrons. The van der Waals surface area contributed by atoms with Crippen molar-refractivity contribution in [1.82, 2.24) is 0 Å². The highest BCUT2D eigenvalue weighted by molar-refractivity contribution is 8.05. The maximum absolute atomic E-state index is 13.0. The normalized spacial score (nSPS) is 14.7. The van der Waals surface area contributed by atoms with Crippen molar-refractivity contribution in [3.8, 4) is 5.75 Å². The van der Waals surface area contributed by atoms with Gasteiger partial charge in [0.05, 0.1) is 0 Å². The zero-order valence-corrected chi connectivity index (χ0v) is 12.7. The zero-order chi connectivity index (χ0) is 16.5. The van der Waals surface area contributed by atoms with Crippen LogP contribution in [0.25, 0.3) is 0 Å². The molecule has 0 aliphatic carbocycles. The predicted octanol–water partition coefficient (Wildman–Crippen LogP) is 2.00. The Morgan fingerprint density at radius 2 is 1.67 bits per heavy atom. The molecule has 0 saturated carbocycles. The SMILES string of the molecule is CCC(C)c1ccc(OS(=O)(=O)C(F)(F)S(=O)(=O)[O-])cc1. The molecular weight excluding hydrogens is 330 g/mol. The summed E-state index contributed by atoms with van der Waals surface area (Å²) in [5, 5.41) is 0. The summed E-state index contributed by atoms with van der Waals surface area (Å²) in [6.07, 6.45) is 0.811. The Morgan fingerprint density at radius 3 is 2.05 bits per heavy atom. The van der Waals surface area contributed by atoms with Crippen molar-refractivity contribution in [3.63, 3.8) is 0 Å². The Morgan fingerprint density at radius 1 is 1.19 bits per heavy atom. The number of halogens is 2. The molecular formula is C11H13F2O6S2-. The second-order valence-corrected chi connectivity index (χ2v) is 7.60. The fourth-order valence-electron chi connectivity index (χ4n) is 1.39. The fraction of sp³-hybridized carbons (Fsp3) is 0.455. The predicted molar refractivity (Wildman–Crippen MR) is 69.3 cm³/mol. The van der Waals surface area contributed by atoms with Crippen LogP contribution < -0.4 is 4.18 Å². The molecule has 0 fully saturated rings. The van der Waals surface area contributed by atoms with Gasteiger partial charge in [0.2, 0.25) is 0 Å². The zero-order valence-electron chi connectivity index (χ0n) is 11.1. The molecule has 1 rings (SSSR count). The van der Waals surface area contributed by atoms with E-state index in [1.165, 1.54) is 12.1 Å². The van der Waals surface area contributed by atoms with E-state index in [9.17, 15) is 30.2 Å². The molecule has 0 amide bonds. The van der Waals surface area contributed by atoms with Crippen LogP contribution in [0.5, 0.6) is 5.75 Å². The maximum Gasteiger partial charge on any atom is 0.470 e. The lowest BCUT2D eigenvalue weighted by atomic mass is 9.99. The van der Waals surface area contributed by atoms with Crippen LogP contribution in [0, 0.1) is 0 Å². The van der Waals surface area contributed by atoms with Gasteiger partial charge in [0.25, 0.3) is 0 Å². The fourth-order valence-corrected chi connectivity index (χ4v) is 2.95. The summed E-state index contributed by atoms with van der Waals surface area (Å²) in [5.41, 5.74) is 0.824. The van der Waals surface area contributed by atoms with Crippen LogP contribution in [0.3, 0.4) is 0 Å². The van der Waals surface area contributed by atoms with Crippen molar-refractivity contribution in [2.75, 3.05) is 0 Å². The van der Waals surface area contributed by atoms with E-state index < -0.39 is 30.6 Å². The van der Waals surface area contributed by atoms with Gasteiger partial charge in [-0.25, -0.2) is 8.42 Å². The van der Waals surface area contributed by atoms with Gasteiger partial charge in [0.15, 0.2) is 10.1 Å². The molecule has 1 unspecified atom stereocenters. The molecule has 6 nitrogen and oxygen atoms in total. The monoisotopic (exact) mass is 343 g/mol. The lowest BCUT2D eigenvalue weighted by Crippen LogP contribution is -2.40. The van der Waals surface area contributed by atoms with Crippen LogP contribution in [0.1, 0.15) is 31.7 Å². The summed E-state index contributed by atoms with van der Waals surface area (Å²) in [6.45, 7) is 3.84. The Hall–Kier alpha value is -1.26. The van der Waals surface area contributed by atoms with Gasteiger partial charge in [-0.05, 0) is 30.0 Å². The molecule has 21 heavy (non-hydrogen) atoms. The van der Waals surface area contributed by atoms with Gasteiger partial charge in [0.1, 0.15) is 5.75 Å². The first-order chi connectivity index (χ1) is 9.42. The molecule has 0 aliphatic heterocycles. The third kappa shape index (κ3) is 3.69. The van der Waals surface area contributed by atoms with Crippen LogP contribution >= 0.6 is 0 Å². The molecule has 0 spiro atoms. The summed E-state index contributed by atoms with van der Waals surface area (Å²) >= 11 is 0. The van der Waals surface area contributed by atoms with E-state index in [0.717, 1.165) is 24.1 Å². The average molecular weight is 343 g/mol. The van der Waals surface area contributed by atoms with Crippen molar-refractivity contribution >= 4 is 20.2 Å². The minimum absolute atomic E-state index is 0.166. The summed E-state index contributed by atoms with van der Waals surface area (Å²) in [7, 11) is -12.3. The van der Waals surface area contributed by atoms with Gasteiger partial charge in [-0.3, -0.25) is 0 Å². The van der Waals surface area contributed by atoms with Crippen LogP contribution in [0.4, 0.5) is 8.78 Å². The van der Waals surface area contributed by atoms with Gasteiger partial charge in [-0.15, -0.1) is 0 Å². The third-order valence-corrected chi connectivity index (χ3v) is 5.65. The summed E-state index contributed by atoms with van der Waals surface area (Å²) in [6, 6.07) is 5.13. The second-order valence-electron chi connectivity index (χ2n) is 4.33. The topological polar surface area (TPSA) is 101 Å². The molecule has 1 aromatic rings. The van der Waals surface area contributed by atoms with Gasteiger partial charge < -0.3 is 8.74 Å². The lowest BCUT2D eigenvalue weighted by Gasteiger charge is -2.19. The second kappa shape index (κ2) is 5.85. The van der Waals surface area contributed by atoms with Crippen molar-refractivity contribution < 1.29 is 34.4 Å². The molecule has 1 aromatic carbocycles. The van der Waals surface area contributed by atoms with Gasteiger partial charge in [0, 0.05) is 0 Å². The van der Waals surface area contributed by atoms with E-state index >= 15 is 0 Å². The number of hydrogen-bond acceptors (Lipinski definition) is 6. The lowest BCUT2D eigenvalue weighted by molar-refractivity contribution is 0.153. The first-order valence-electron chi connectivity index (χ1n) is 5.79. The van der Waals surface area contributed by atoms with E-state index in [-0.39, 0.29) is 5.92 Å². The van der Waals surface area contributed by atoms with Gasteiger partial charge in [-0.1, -0.05) is 26.0 Å². The molecule has 0 bridgehead atoms. The number of hydrogen-bond donors (Lipinski definition) is 0. The molecule has 120 valence electrons. The summed E-state index contributed by atoms with van der Waals surface area (Å²) in [4.78, 5) is 0. The van der Waals surface area contributed by atoms with Crippen LogP contribution in [0.15, 0.2) is 24.3 Å². The highest BCUT2D eigenvalue weighted by atomic mass is 32.3. The third-order valence-electron chi connectivity index (χ3n) is 2.85. The van der Waals surface area contributed by atoms with Crippen LogP contribution in [0.2, 0.25) is 0 Å². The minimum Gasteiger partial charge on any atom is -0.742 e. The standard InChI is InChI=1S/C11H14F2O6S2/c1-3-8(2)9-4-6-10(7-5-9)19-21(17,18)11(12,13)20(14,15)16/h4-8H,3H2,1-2H3,(H,14,15,16)/p-1. The highest BCUT2D eigenvalue weighted by Crippen LogP contribution is 2.31. The molecule has 0 N–H and O–H groups in total. The highest BCUT2D eigenvalue weighted by Gasteiger charge is 2.54. The Labute approximate surface area is 121 Å². The van der Waals surface area contributed by atoms with E-state index in [2.05, 4.69) is 4.18 Å². The maximum atomic E-state index is 13.0. The van der Waals surface area contributed by atoms with Crippen molar-refractivity contribution in [2.45, 2.75) is 30.8 Å². The number of alkyl halides is 2. The Bertz CT molecular complexity index is 695. The molecule has 0 saturated heterocycles. The van der Waals surface area contributed by atoms with E-state index in [0.29, 0.717) is 0 Å². The minimum atomic E-state index is -6.40. The number of rotatable bonds is 6. The Balaban J connectivity index is 3.06. The molecule has 0 aliphatic rings. The van der Waals surface area contributed by atoms with Gasteiger partial charge in [-0.2, -0.15) is 17.2 Å². The quantitative estimate of drug-likeness (QED) is 0.578. The number of benzene rings is 1. The summed E-state index contributed by atoms with van der Waals surface area (Å²) < 4.78 is 77.8. The van der Waals surface area contributed by atoms with Crippen molar-refractivity contribution in [2.24, 2.45) is 0 Å². The van der Waals surface area contributed by atoms with E-state index in [1.807, 2.05) is 13.8 Å². The average Bonchev–Trinajstić information content (AvgIpc) is 2.36. The van der Waals surface area contributed by atoms with Gasteiger partial charge >= 0.3 is 14.7 Å².